The van der Waals surface area contributed by atoms with Gasteiger partial charge in [-0.3, -0.25) is 0 Å². The summed E-state index contributed by atoms with van der Waals surface area (Å²) in [4.78, 5) is 0.591. The Labute approximate surface area is 124 Å². The van der Waals surface area contributed by atoms with Crippen molar-refractivity contribution in [1.29, 1.82) is 0 Å². The van der Waals surface area contributed by atoms with Crippen molar-refractivity contribution in [2.24, 2.45) is 5.73 Å². The lowest BCUT2D eigenvalue weighted by Gasteiger charge is -2.15. The predicted octanol–water partition coefficient (Wildman–Crippen LogP) is 4.81. The number of thiophene rings is 1. The molecule has 0 bridgehead atoms. The van der Waals surface area contributed by atoms with Crippen LogP contribution in [0, 0.1) is 0 Å². The Bertz CT molecular complexity index is 562. The quantitative estimate of drug-likeness (QED) is 0.876. The van der Waals surface area contributed by atoms with Crippen LogP contribution >= 0.6 is 23.1 Å². The molecule has 1 aromatic heterocycles. The van der Waals surface area contributed by atoms with Gasteiger partial charge in [-0.05, 0) is 42.5 Å². The van der Waals surface area contributed by atoms with Crippen molar-refractivity contribution in [2.75, 3.05) is 0 Å². The van der Waals surface area contributed by atoms with Gasteiger partial charge in [0.15, 0.2) is 0 Å². The molecule has 1 atom stereocenters. The molecule has 2 N–H and O–H groups in total. The van der Waals surface area contributed by atoms with E-state index in [1.54, 1.807) is 13.0 Å². The first-order valence-corrected chi connectivity index (χ1v) is 7.73. The third kappa shape index (κ3) is 4.01. The summed E-state index contributed by atoms with van der Waals surface area (Å²) in [5.74, 6) is 0. The van der Waals surface area contributed by atoms with Crippen molar-refractivity contribution in [2.45, 2.75) is 34.7 Å². The second-order valence-corrected chi connectivity index (χ2v) is 6.85. The minimum Gasteiger partial charge on any atom is -0.328 e. The standard InChI is InChI=1S/C14H14F3NS2/c1-9(18)7-10-4-5-11(8-12(10)14(15,16)17)20-13-3-2-6-19-13/h2-6,8-9H,7,18H2,1H3. The third-order valence-electron chi connectivity index (χ3n) is 2.64. The van der Waals surface area contributed by atoms with Gasteiger partial charge in [0.1, 0.15) is 0 Å². The lowest BCUT2D eigenvalue weighted by molar-refractivity contribution is -0.138. The zero-order chi connectivity index (χ0) is 14.8. The normalized spacial score (nSPS) is 13.4. The molecule has 0 fully saturated rings. The summed E-state index contributed by atoms with van der Waals surface area (Å²) < 4.78 is 40.3. The maximum absolute atomic E-state index is 13.1. The van der Waals surface area contributed by atoms with E-state index in [4.69, 9.17) is 5.73 Å². The smallest absolute Gasteiger partial charge is 0.328 e. The Morgan fingerprint density at radius 3 is 2.60 bits per heavy atom. The van der Waals surface area contributed by atoms with Crippen molar-refractivity contribution in [3.63, 3.8) is 0 Å². The molecule has 6 heteroatoms. The molecule has 20 heavy (non-hydrogen) atoms. The van der Waals surface area contributed by atoms with Crippen LogP contribution in [0.4, 0.5) is 13.2 Å². The van der Waals surface area contributed by atoms with E-state index in [9.17, 15) is 13.2 Å². The minimum atomic E-state index is -4.35. The summed E-state index contributed by atoms with van der Waals surface area (Å²) in [6, 6.07) is 7.93. The first-order chi connectivity index (χ1) is 9.36. The third-order valence-corrected chi connectivity index (χ3v) is 4.67. The van der Waals surface area contributed by atoms with E-state index < -0.39 is 11.7 Å². The van der Waals surface area contributed by atoms with Gasteiger partial charge in [0.05, 0.1) is 9.77 Å². The van der Waals surface area contributed by atoms with Gasteiger partial charge in [-0.25, -0.2) is 0 Å². The van der Waals surface area contributed by atoms with Gasteiger partial charge in [0.25, 0.3) is 0 Å². The van der Waals surface area contributed by atoms with Crippen LogP contribution in [0.2, 0.25) is 0 Å². The van der Waals surface area contributed by atoms with Gasteiger partial charge in [0.2, 0.25) is 0 Å². The molecule has 0 saturated carbocycles. The average Bonchev–Trinajstić information content (AvgIpc) is 2.82. The summed E-state index contributed by atoms with van der Waals surface area (Å²) in [7, 11) is 0. The summed E-state index contributed by atoms with van der Waals surface area (Å²) in [6.07, 6.45) is -4.13. The fraction of sp³-hybridized carbons (Fsp3) is 0.286. The van der Waals surface area contributed by atoms with Crippen molar-refractivity contribution >= 4 is 23.1 Å². The van der Waals surface area contributed by atoms with Gasteiger partial charge in [-0.1, -0.05) is 23.9 Å². The van der Waals surface area contributed by atoms with Gasteiger partial charge in [0, 0.05) is 10.9 Å². The summed E-state index contributed by atoms with van der Waals surface area (Å²) in [5, 5.41) is 1.90. The zero-order valence-corrected chi connectivity index (χ0v) is 12.4. The molecule has 1 heterocycles. The molecule has 2 aromatic rings. The van der Waals surface area contributed by atoms with E-state index in [0.29, 0.717) is 4.90 Å². The highest BCUT2D eigenvalue weighted by molar-refractivity contribution is 8.01. The van der Waals surface area contributed by atoms with Gasteiger partial charge >= 0.3 is 6.18 Å². The number of alkyl halides is 3. The van der Waals surface area contributed by atoms with Crippen LogP contribution < -0.4 is 5.73 Å². The topological polar surface area (TPSA) is 26.0 Å². The maximum atomic E-state index is 13.1. The first-order valence-electron chi connectivity index (χ1n) is 6.03. The van der Waals surface area contributed by atoms with Crippen LogP contribution in [0.25, 0.3) is 0 Å². The summed E-state index contributed by atoms with van der Waals surface area (Å²) >= 11 is 2.85. The van der Waals surface area contributed by atoms with Crippen LogP contribution in [-0.4, -0.2) is 6.04 Å². The molecular formula is C14H14F3NS2. The van der Waals surface area contributed by atoms with Gasteiger partial charge in [-0.2, -0.15) is 13.2 Å². The predicted molar refractivity (Wildman–Crippen MR) is 77.2 cm³/mol. The molecule has 1 unspecified atom stereocenters. The van der Waals surface area contributed by atoms with Crippen LogP contribution in [0.3, 0.4) is 0 Å². The van der Waals surface area contributed by atoms with Crippen LogP contribution in [0.1, 0.15) is 18.1 Å². The molecule has 0 spiro atoms. The van der Waals surface area contributed by atoms with E-state index >= 15 is 0 Å². The Kier molecular flexibility index (Phi) is 4.78. The SMILES string of the molecule is CC(N)Cc1ccc(Sc2cccs2)cc1C(F)(F)F. The number of rotatable bonds is 4. The van der Waals surface area contributed by atoms with E-state index in [-0.39, 0.29) is 18.0 Å². The fourth-order valence-electron chi connectivity index (χ4n) is 1.85. The molecule has 0 amide bonds. The van der Waals surface area contributed by atoms with Crippen LogP contribution in [0.15, 0.2) is 44.8 Å². The second-order valence-electron chi connectivity index (χ2n) is 4.53. The van der Waals surface area contributed by atoms with E-state index in [2.05, 4.69) is 0 Å². The molecule has 108 valence electrons. The number of halogens is 3. The van der Waals surface area contributed by atoms with Gasteiger partial charge < -0.3 is 5.73 Å². The highest BCUT2D eigenvalue weighted by Crippen LogP contribution is 2.38. The molecule has 0 aliphatic heterocycles. The molecule has 1 nitrogen and oxygen atoms in total. The first kappa shape index (κ1) is 15.4. The van der Waals surface area contributed by atoms with Crippen molar-refractivity contribution in [3.05, 3.63) is 46.8 Å². The Morgan fingerprint density at radius 2 is 2.05 bits per heavy atom. The maximum Gasteiger partial charge on any atom is 0.416 e. The van der Waals surface area contributed by atoms with Gasteiger partial charge in [-0.15, -0.1) is 11.3 Å². The lowest BCUT2D eigenvalue weighted by atomic mass is 10.0. The summed E-state index contributed by atoms with van der Waals surface area (Å²) in [6.45, 7) is 1.70. The molecule has 2 rings (SSSR count). The molecule has 0 aliphatic carbocycles. The van der Waals surface area contributed by atoms with E-state index in [1.807, 2.05) is 17.5 Å². The average molecular weight is 317 g/mol. The van der Waals surface area contributed by atoms with E-state index in [0.717, 1.165) is 4.21 Å². The molecule has 1 aromatic carbocycles. The monoisotopic (exact) mass is 317 g/mol. The minimum absolute atomic E-state index is 0.221. The highest BCUT2D eigenvalue weighted by atomic mass is 32.2. The Morgan fingerprint density at radius 1 is 1.30 bits per heavy atom. The van der Waals surface area contributed by atoms with Crippen LogP contribution in [-0.2, 0) is 12.6 Å². The zero-order valence-electron chi connectivity index (χ0n) is 10.8. The fourth-order valence-corrected chi connectivity index (χ4v) is 3.63. The largest absolute Gasteiger partial charge is 0.416 e. The molecule has 0 saturated heterocycles. The second kappa shape index (κ2) is 6.20. The Balaban J connectivity index is 2.33. The van der Waals surface area contributed by atoms with Crippen molar-refractivity contribution in [1.82, 2.24) is 0 Å². The molecule has 0 radical (unpaired) electrons. The highest BCUT2D eigenvalue weighted by Gasteiger charge is 2.33. The summed E-state index contributed by atoms with van der Waals surface area (Å²) in [5.41, 5.74) is 5.28. The molecule has 0 aliphatic rings. The number of benzene rings is 1. The van der Waals surface area contributed by atoms with Crippen LogP contribution in [0.5, 0.6) is 0 Å². The number of hydrogen-bond acceptors (Lipinski definition) is 3. The Hall–Kier alpha value is -0.980. The number of nitrogens with two attached hydrogens (primary N) is 1. The van der Waals surface area contributed by atoms with Crippen molar-refractivity contribution in [3.8, 4) is 0 Å². The van der Waals surface area contributed by atoms with E-state index in [1.165, 1.54) is 35.2 Å². The van der Waals surface area contributed by atoms with Crippen molar-refractivity contribution < 1.29 is 13.2 Å². The lowest BCUT2D eigenvalue weighted by Crippen LogP contribution is -2.20. The number of hydrogen-bond donors (Lipinski definition) is 1. The molecular weight excluding hydrogens is 303 g/mol.